The van der Waals surface area contributed by atoms with Crippen molar-refractivity contribution in [1.82, 2.24) is 0 Å². The number of carbonyl (C=O) groups is 4. The second-order valence-electron chi connectivity index (χ2n) is 13.3. The Hall–Kier alpha value is -2.56. The van der Waals surface area contributed by atoms with Gasteiger partial charge >= 0.3 is 17.9 Å². The van der Waals surface area contributed by atoms with Gasteiger partial charge in [-0.25, -0.2) is 9.59 Å². The number of aliphatic hydroxyl groups excluding tert-OH is 1. The van der Waals surface area contributed by atoms with E-state index in [1.807, 2.05) is 19.9 Å². The van der Waals surface area contributed by atoms with Crippen molar-refractivity contribution in [3.63, 3.8) is 0 Å². The van der Waals surface area contributed by atoms with Gasteiger partial charge in [0.15, 0.2) is 11.2 Å². The van der Waals surface area contributed by atoms with E-state index in [9.17, 15) is 29.4 Å². The van der Waals surface area contributed by atoms with Crippen molar-refractivity contribution in [2.75, 3.05) is 6.61 Å². The number of fused-ring (bicyclic) bond motifs is 5. The number of allylic oxidation sites excluding steroid dienone is 2. The van der Waals surface area contributed by atoms with E-state index in [4.69, 9.17) is 18.9 Å². The standard InChI is InChI=1S/C28H30O10/c1-23-10-18-25(3)28-20(23)27(22(33)38-28,35-11-16(23)19(31)36-18)15-5-4-12-8-13(29)9-17(30)24(12,2)14(15)6-7-26(28,34)21(32)37-25/h4-5,8,13-16,18,20,29,34H,6-7,9-11H2,1-3H3/t13-,14-,15+,16-,18+,20+,23-,24-,25-,26+,27-,28-/m0/s1. The minimum atomic E-state index is -2.23. The first-order valence-corrected chi connectivity index (χ1v) is 13.5. The molecule has 10 heteroatoms. The topological polar surface area (TPSA) is 146 Å². The van der Waals surface area contributed by atoms with Crippen LogP contribution in [-0.4, -0.2) is 75.1 Å². The molecule has 38 heavy (non-hydrogen) atoms. The molecule has 4 heterocycles. The van der Waals surface area contributed by atoms with Crippen molar-refractivity contribution in [2.45, 2.75) is 81.1 Å². The molecule has 1 spiro atoms. The minimum absolute atomic E-state index is 0.0690. The zero-order chi connectivity index (χ0) is 26.8. The van der Waals surface area contributed by atoms with E-state index in [1.165, 1.54) is 0 Å². The maximum absolute atomic E-state index is 14.4. The van der Waals surface area contributed by atoms with Gasteiger partial charge in [-0.1, -0.05) is 25.2 Å². The molecule has 4 aliphatic carbocycles. The van der Waals surface area contributed by atoms with Crippen LogP contribution in [0.1, 0.15) is 46.5 Å². The molecule has 0 aromatic heterocycles. The first-order valence-electron chi connectivity index (χ1n) is 13.5. The van der Waals surface area contributed by atoms with Crippen molar-refractivity contribution in [1.29, 1.82) is 0 Å². The third-order valence-corrected chi connectivity index (χ3v) is 12.0. The highest BCUT2D eigenvalue weighted by molar-refractivity contribution is 5.95. The Morgan fingerprint density at radius 2 is 1.82 bits per heavy atom. The fourth-order valence-electron chi connectivity index (χ4n) is 10.3. The number of hydrogen-bond acceptors (Lipinski definition) is 10. The van der Waals surface area contributed by atoms with Gasteiger partial charge in [-0.15, -0.1) is 0 Å². The highest BCUT2D eigenvalue weighted by Crippen LogP contribution is 2.76. The summed E-state index contributed by atoms with van der Waals surface area (Å²) in [5.74, 6) is -5.13. The third-order valence-electron chi connectivity index (χ3n) is 12.0. The predicted octanol–water partition coefficient (Wildman–Crippen LogP) is 0.528. The maximum Gasteiger partial charge on any atom is 0.343 e. The smallest absolute Gasteiger partial charge is 0.343 e. The van der Waals surface area contributed by atoms with Gasteiger partial charge in [0.2, 0.25) is 11.2 Å². The second kappa shape index (κ2) is 6.26. The first kappa shape index (κ1) is 23.3. The number of aliphatic hydroxyl groups is 2. The van der Waals surface area contributed by atoms with E-state index < -0.39 is 87.0 Å². The van der Waals surface area contributed by atoms with Crippen LogP contribution in [0.5, 0.6) is 0 Å². The van der Waals surface area contributed by atoms with Crippen LogP contribution in [0.3, 0.4) is 0 Å². The molecule has 10 nitrogen and oxygen atoms in total. The molecule has 6 fully saturated rings. The Morgan fingerprint density at radius 3 is 2.58 bits per heavy atom. The maximum atomic E-state index is 14.4. The SMILES string of the molecule is C[C@]12C(=O)C[C@@H](O)C=C1C=C[C@@H]1[C@@H]2CC[C@@]2(O)C(=O)O[C@@]3(C)[C@H]4C[C@]5(C)[C@@H]6[C@]1(OC[C@H]5C(=O)O4)C(=O)O[C@]623. The zero-order valence-corrected chi connectivity index (χ0v) is 21.4. The molecule has 8 rings (SSSR count). The monoisotopic (exact) mass is 526 g/mol. The summed E-state index contributed by atoms with van der Waals surface area (Å²) in [5.41, 5.74) is -8.70. The van der Waals surface area contributed by atoms with Gasteiger partial charge in [-0.05, 0) is 50.0 Å². The number of rotatable bonds is 0. The molecule has 2 saturated carbocycles. The van der Waals surface area contributed by atoms with Gasteiger partial charge in [0.1, 0.15) is 11.9 Å². The van der Waals surface area contributed by atoms with Crippen LogP contribution < -0.4 is 0 Å². The lowest BCUT2D eigenvalue weighted by Crippen LogP contribution is -2.82. The Bertz CT molecular complexity index is 1330. The van der Waals surface area contributed by atoms with Crippen molar-refractivity contribution >= 4 is 23.7 Å². The average molecular weight is 527 g/mol. The van der Waals surface area contributed by atoms with Gasteiger partial charge in [-0.3, -0.25) is 9.59 Å². The highest BCUT2D eigenvalue weighted by atomic mass is 16.7. The summed E-state index contributed by atoms with van der Waals surface area (Å²) in [4.78, 5) is 54.9. The quantitative estimate of drug-likeness (QED) is 0.339. The van der Waals surface area contributed by atoms with E-state index >= 15 is 0 Å². The highest BCUT2D eigenvalue weighted by Gasteiger charge is 2.95. The van der Waals surface area contributed by atoms with E-state index in [0.29, 0.717) is 12.0 Å². The summed E-state index contributed by atoms with van der Waals surface area (Å²) in [6.07, 6.45) is 3.83. The van der Waals surface area contributed by atoms with Crippen molar-refractivity contribution in [3.8, 4) is 0 Å². The zero-order valence-electron chi connectivity index (χ0n) is 21.4. The number of ketones is 1. The fraction of sp³-hybridized carbons (Fsp3) is 0.714. The lowest BCUT2D eigenvalue weighted by molar-refractivity contribution is -0.329. The van der Waals surface area contributed by atoms with Crippen LogP contribution in [0.4, 0.5) is 0 Å². The van der Waals surface area contributed by atoms with Gasteiger partial charge in [-0.2, -0.15) is 0 Å². The lowest BCUT2D eigenvalue weighted by atomic mass is 9.39. The van der Waals surface area contributed by atoms with Gasteiger partial charge in [0, 0.05) is 12.3 Å². The Morgan fingerprint density at radius 1 is 1.05 bits per heavy atom. The Labute approximate surface area is 218 Å². The summed E-state index contributed by atoms with van der Waals surface area (Å²) in [7, 11) is 0. The van der Waals surface area contributed by atoms with Crippen LogP contribution in [-0.2, 0) is 38.1 Å². The first-order chi connectivity index (χ1) is 17.8. The summed E-state index contributed by atoms with van der Waals surface area (Å²) in [6.45, 7) is 5.21. The molecule has 0 unspecified atom stereocenters. The van der Waals surface area contributed by atoms with Gasteiger partial charge in [0.25, 0.3) is 0 Å². The third kappa shape index (κ3) is 1.98. The number of Topliss-reactive ketones (excluding diaryl/α,β-unsaturated/α-hetero) is 1. The number of carbonyl (C=O) groups excluding carboxylic acids is 4. The van der Waals surface area contributed by atoms with Gasteiger partial charge in [0.05, 0.1) is 30.0 Å². The van der Waals surface area contributed by atoms with Crippen LogP contribution in [0, 0.1) is 34.5 Å². The summed E-state index contributed by atoms with van der Waals surface area (Å²) >= 11 is 0. The molecule has 0 radical (unpaired) electrons. The molecule has 0 amide bonds. The normalized spacial score (nSPS) is 59.0. The molecule has 12 atom stereocenters. The number of ether oxygens (including phenoxy) is 4. The molecule has 0 aromatic carbocycles. The van der Waals surface area contributed by atoms with E-state index in [2.05, 4.69) is 0 Å². The van der Waals surface area contributed by atoms with Crippen LogP contribution >= 0.6 is 0 Å². The number of hydrogen-bond donors (Lipinski definition) is 2. The van der Waals surface area contributed by atoms with Crippen molar-refractivity contribution < 1.29 is 48.3 Å². The van der Waals surface area contributed by atoms with Crippen LogP contribution in [0.15, 0.2) is 23.8 Å². The van der Waals surface area contributed by atoms with Crippen molar-refractivity contribution in [2.24, 2.45) is 34.5 Å². The summed E-state index contributed by atoms with van der Waals surface area (Å²) < 4.78 is 24.5. The summed E-state index contributed by atoms with van der Waals surface area (Å²) in [5, 5.41) is 22.7. The van der Waals surface area contributed by atoms with Crippen LogP contribution in [0.2, 0.25) is 0 Å². The predicted molar refractivity (Wildman–Crippen MR) is 124 cm³/mol. The molecule has 8 aliphatic rings. The molecule has 202 valence electrons. The Balaban J connectivity index is 1.45. The molecule has 4 bridgehead atoms. The van der Waals surface area contributed by atoms with E-state index in [-0.39, 0.29) is 31.7 Å². The molecule has 2 N–H and O–H groups in total. The number of esters is 3. The second-order valence-corrected chi connectivity index (χ2v) is 13.3. The molecule has 4 saturated heterocycles. The largest absolute Gasteiger partial charge is 0.458 e. The van der Waals surface area contributed by atoms with Crippen molar-refractivity contribution in [3.05, 3.63) is 23.8 Å². The van der Waals surface area contributed by atoms with Crippen LogP contribution in [0.25, 0.3) is 0 Å². The average Bonchev–Trinajstić information content (AvgIpc) is 3.22. The van der Waals surface area contributed by atoms with E-state index in [1.54, 1.807) is 19.1 Å². The Kier molecular flexibility index (Phi) is 3.84. The molecule has 4 aliphatic heterocycles. The molecular weight excluding hydrogens is 496 g/mol. The fourth-order valence-corrected chi connectivity index (χ4v) is 10.3. The van der Waals surface area contributed by atoms with Gasteiger partial charge < -0.3 is 29.2 Å². The molecular formula is C28H30O10. The lowest BCUT2D eigenvalue weighted by Gasteiger charge is -2.67. The molecule has 0 aromatic rings. The van der Waals surface area contributed by atoms with E-state index in [0.717, 1.165) is 0 Å². The summed E-state index contributed by atoms with van der Waals surface area (Å²) in [6, 6.07) is 0. The minimum Gasteiger partial charge on any atom is -0.458 e.